The van der Waals surface area contributed by atoms with Gasteiger partial charge in [-0.1, -0.05) is 72.8 Å². The van der Waals surface area contributed by atoms with E-state index >= 15 is 0 Å². The number of nitrogens with zero attached hydrogens (tertiary/aromatic N) is 4. The number of ether oxygens (including phenoxy) is 2. The highest BCUT2D eigenvalue weighted by Crippen LogP contribution is 2.48. The molecule has 3 aromatic heterocycles. The summed E-state index contributed by atoms with van der Waals surface area (Å²) in [6.45, 7) is 0. The average Bonchev–Trinajstić information content (AvgIpc) is 3.71. The normalized spacial score (nSPS) is 13.7. The number of hydrogen-bond acceptors (Lipinski definition) is 4. The Morgan fingerprint density at radius 1 is 0.622 bits per heavy atom. The van der Waals surface area contributed by atoms with Crippen molar-refractivity contribution in [3.8, 4) is 34.5 Å². The van der Waals surface area contributed by atoms with Crippen molar-refractivity contribution < 1.29 is 9.47 Å². The van der Waals surface area contributed by atoms with E-state index < -0.39 is 0 Å². The molecule has 0 spiro atoms. The summed E-state index contributed by atoms with van der Waals surface area (Å²) in [7, 11) is 0. The number of aromatic nitrogens is 4. The van der Waals surface area contributed by atoms with Crippen molar-refractivity contribution in [3.05, 3.63) is 169 Å². The van der Waals surface area contributed by atoms with E-state index in [1.54, 1.807) is 6.20 Å². The monoisotopic (exact) mass is 582 g/mol. The minimum atomic E-state index is -0.0652. The number of hydrogen-bond donors (Lipinski definition) is 0. The second kappa shape index (κ2) is 10.2. The molecular weight excluding hydrogens is 556 g/mol. The van der Waals surface area contributed by atoms with E-state index in [9.17, 15) is 0 Å². The van der Waals surface area contributed by atoms with E-state index in [-0.39, 0.29) is 5.92 Å². The highest BCUT2D eigenvalue weighted by atomic mass is 16.5. The smallest absolute Gasteiger partial charge is 0.219 e. The first kappa shape index (κ1) is 25.4. The molecule has 0 bridgehead atoms. The standard InChI is InChI=1S/C39H26N4O2/c1-4-15-34-30(12-1)31-13-2-5-16-35(31)43(34)28-24-41-42(25-28)27-19-20-37-33(23-27)39(32-14-3-6-17-36(32)45-37)26-10-9-11-29(22-26)44-38-18-7-8-21-40-38/h1-25,39H. The SMILES string of the molecule is c1ccc(Oc2cccc(C3c4ccccc4Oc4ccc(-n5cc(-n6c7ccccc7c7ccccc76)cn5)cc43)c2)nc1. The van der Waals surface area contributed by atoms with Crippen LogP contribution in [0.1, 0.15) is 22.6 Å². The number of para-hydroxylation sites is 3. The number of rotatable bonds is 5. The predicted octanol–water partition coefficient (Wildman–Crippen LogP) is 9.44. The third-order valence-corrected chi connectivity index (χ3v) is 8.48. The van der Waals surface area contributed by atoms with Gasteiger partial charge < -0.3 is 14.0 Å². The van der Waals surface area contributed by atoms with Gasteiger partial charge >= 0.3 is 0 Å². The molecule has 0 aliphatic carbocycles. The second-order valence-electron chi connectivity index (χ2n) is 11.2. The summed E-state index contributed by atoms with van der Waals surface area (Å²) in [4.78, 5) is 4.33. The molecule has 1 aliphatic heterocycles. The van der Waals surface area contributed by atoms with E-state index in [2.05, 4.69) is 101 Å². The van der Waals surface area contributed by atoms with E-state index in [0.29, 0.717) is 5.88 Å². The zero-order chi connectivity index (χ0) is 29.7. The molecule has 9 rings (SSSR count). The molecule has 0 fully saturated rings. The Labute approximate surface area is 259 Å². The summed E-state index contributed by atoms with van der Waals surface area (Å²) in [6.07, 6.45) is 5.75. The maximum absolute atomic E-state index is 6.43. The Morgan fingerprint density at radius 3 is 2.20 bits per heavy atom. The molecule has 0 radical (unpaired) electrons. The molecule has 1 unspecified atom stereocenters. The van der Waals surface area contributed by atoms with E-state index in [4.69, 9.17) is 14.6 Å². The maximum atomic E-state index is 6.43. The fraction of sp³-hybridized carbons (Fsp3) is 0.0256. The first-order chi connectivity index (χ1) is 22.3. The zero-order valence-electron chi connectivity index (χ0n) is 24.1. The van der Waals surface area contributed by atoms with Crippen LogP contribution in [-0.2, 0) is 0 Å². The third-order valence-electron chi connectivity index (χ3n) is 8.48. The summed E-state index contributed by atoms with van der Waals surface area (Å²) >= 11 is 0. The van der Waals surface area contributed by atoms with Gasteiger partial charge in [-0.15, -0.1) is 0 Å². The molecule has 8 aromatic rings. The Morgan fingerprint density at radius 2 is 1.38 bits per heavy atom. The van der Waals surface area contributed by atoms with Crippen LogP contribution in [0.4, 0.5) is 0 Å². The van der Waals surface area contributed by atoms with Gasteiger partial charge in [-0.3, -0.25) is 0 Å². The topological polar surface area (TPSA) is 54.1 Å². The maximum Gasteiger partial charge on any atom is 0.219 e. The Hall–Kier alpha value is -6.14. The molecule has 6 nitrogen and oxygen atoms in total. The summed E-state index contributed by atoms with van der Waals surface area (Å²) in [5.41, 5.74) is 7.53. The lowest BCUT2D eigenvalue weighted by Gasteiger charge is -2.29. The molecule has 0 saturated heterocycles. The van der Waals surface area contributed by atoms with Crippen LogP contribution < -0.4 is 9.47 Å². The molecule has 214 valence electrons. The summed E-state index contributed by atoms with van der Waals surface area (Å²) in [5.74, 6) is 2.91. The molecule has 1 aliphatic rings. The molecule has 4 heterocycles. The minimum absolute atomic E-state index is 0.0652. The van der Waals surface area contributed by atoms with Crippen LogP contribution in [0.15, 0.2) is 152 Å². The van der Waals surface area contributed by atoms with Crippen molar-refractivity contribution in [2.45, 2.75) is 5.92 Å². The van der Waals surface area contributed by atoms with Gasteiger partial charge in [0.25, 0.3) is 0 Å². The predicted molar refractivity (Wildman–Crippen MR) is 176 cm³/mol. The molecule has 0 amide bonds. The van der Waals surface area contributed by atoms with Gasteiger partial charge in [0.05, 0.1) is 34.8 Å². The largest absolute Gasteiger partial charge is 0.457 e. The highest BCUT2D eigenvalue weighted by Gasteiger charge is 2.29. The Balaban J connectivity index is 1.14. The lowest BCUT2D eigenvalue weighted by molar-refractivity contribution is 0.450. The molecule has 5 aromatic carbocycles. The van der Waals surface area contributed by atoms with E-state index in [0.717, 1.165) is 56.3 Å². The fourth-order valence-corrected chi connectivity index (χ4v) is 6.51. The lowest BCUT2D eigenvalue weighted by atomic mass is 9.82. The Kier molecular flexibility index (Phi) is 5.77. The first-order valence-electron chi connectivity index (χ1n) is 14.9. The van der Waals surface area contributed by atoms with Crippen LogP contribution in [0.3, 0.4) is 0 Å². The van der Waals surface area contributed by atoms with Crippen LogP contribution >= 0.6 is 0 Å². The fourth-order valence-electron chi connectivity index (χ4n) is 6.51. The molecular formula is C39H26N4O2. The quantitative estimate of drug-likeness (QED) is 0.203. The van der Waals surface area contributed by atoms with Gasteiger partial charge in [0.2, 0.25) is 5.88 Å². The lowest BCUT2D eigenvalue weighted by Crippen LogP contribution is -2.12. The molecule has 45 heavy (non-hydrogen) atoms. The van der Waals surface area contributed by atoms with Gasteiger partial charge in [-0.2, -0.15) is 5.10 Å². The summed E-state index contributed by atoms with van der Waals surface area (Å²) in [6, 6.07) is 45.4. The zero-order valence-corrected chi connectivity index (χ0v) is 24.1. The summed E-state index contributed by atoms with van der Waals surface area (Å²) < 4.78 is 16.8. The molecule has 6 heteroatoms. The third kappa shape index (κ3) is 4.26. The van der Waals surface area contributed by atoms with Crippen LogP contribution in [0, 0.1) is 0 Å². The molecule has 0 saturated carbocycles. The number of benzene rings is 5. The van der Waals surface area contributed by atoms with Crippen molar-refractivity contribution in [1.29, 1.82) is 0 Å². The minimum Gasteiger partial charge on any atom is -0.457 e. The van der Waals surface area contributed by atoms with Gasteiger partial charge in [0.1, 0.15) is 17.2 Å². The van der Waals surface area contributed by atoms with Crippen LogP contribution in [0.25, 0.3) is 33.2 Å². The second-order valence-corrected chi connectivity index (χ2v) is 11.2. The van der Waals surface area contributed by atoms with Gasteiger partial charge in [-0.25, -0.2) is 9.67 Å². The average molecular weight is 583 g/mol. The number of pyridine rings is 1. The van der Waals surface area contributed by atoms with Crippen LogP contribution in [0.2, 0.25) is 0 Å². The van der Waals surface area contributed by atoms with Crippen LogP contribution in [0.5, 0.6) is 23.1 Å². The van der Waals surface area contributed by atoms with Crippen molar-refractivity contribution in [1.82, 2.24) is 19.3 Å². The van der Waals surface area contributed by atoms with Crippen molar-refractivity contribution >= 4 is 21.8 Å². The first-order valence-corrected chi connectivity index (χ1v) is 14.9. The van der Waals surface area contributed by atoms with Gasteiger partial charge in [0, 0.05) is 40.1 Å². The highest BCUT2D eigenvalue weighted by molar-refractivity contribution is 6.09. The van der Waals surface area contributed by atoms with E-state index in [1.807, 2.05) is 59.4 Å². The van der Waals surface area contributed by atoms with E-state index in [1.165, 1.54) is 10.8 Å². The summed E-state index contributed by atoms with van der Waals surface area (Å²) in [5, 5.41) is 7.29. The molecule has 0 N–H and O–H groups in total. The van der Waals surface area contributed by atoms with Crippen molar-refractivity contribution in [3.63, 3.8) is 0 Å². The van der Waals surface area contributed by atoms with Gasteiger partial charge in [-0.05, 0) is 60.2 Å². The Bertz CT molecular complexity index is 2300. The number of fused-ring (bicyclic) bond motifs is 5. The van der Waals surface area contributed by atoms with Gasteiger partial charge in [0.15, 0.2) is 0 Å². The molecule has 1 atom stereocenters. The van der Waals surface area contributed by atoms with Crippen molar-refractivity contribution in [2.75, 3.05) is 0 Å². The van der Waals surface area contributed by atoms with Crippen LogP contribution in [-0.4, -0.2) is 19.3 Å². The van der Waals surface area contributed by atoms with Crippen molar-refractivity contribution in [2.24, 2.45) is 0 Å².